The van der Waals surface area contributed by atoms with Gasteiger partial charge in [-0.3, -0.25) is 13.9 Å². The minimum absolute atomic E-state index is 0.0149. The van der Waals surface area contributed by atoms with Crippen LogP contribution in [0.5, 0.6) is 0 Å². The van der Waals surface area contributed by atoms with Gasteiger partial charge in [0, 0.05) is 18.1 Å². The number of carbonyl (C=O) groups excluding carboxylic acids is 2. The largest absolute Gasteiger partial charge is 0.354 e. The summed E-state index contributed by atoms with van der Waals surface area (Å²) in [6.45, 7) is 5.33. The van der Waals surface area contributed by atoms with Gasteiger partial charge in [0.05, 0.1) is 10.6 Å². The summed E-state index contributed by atoms with van der Waals surface area (Å²) in [4.78, 5) is 28.0. The standard InChI is InChI=1S/C28H31ClFN3O4S/c1-20(2)17-31-28(35)21(3)32(18-22-9-13-24(30)14-10-22)27(34)19-33(25-7-5-4-6-8-25)38(36,37)26-15-11-23(29)12-16-26/h4-16,20-21H,17-19H2,1-3H3,(H,31,35)/t21-/m0/s1. The number of carbonyl (C=O) groups is 2. The molecule has 0 aliphatic heterocycles. The van der Waals surface area contributed by atoms with Crippen molar-refractivity contribution in [3.63, 3.8) is 0 Å². The van der Waals surface area contributed by atoms with Gasteiger partial charge in [-0.15, -0.1) is 0 Å². The molecule has 0 spiro atoms. The highest BCUT2D eigenvalue weighted by atomic mass is 35.5. The first-order valence-corrected chi connectivity index (χ1v) is 14.0. The van der Waals surface area contributed by atoms with Gasteiger partial charge in [0.15, 0.2) is 0 Å². The predicted octanol–water partition coefficient (Wildman–Crippen LogP) is 4.86. The van der Waals surface area contributed by atoms with Crippen molar-refractivity contribution in [3.8, 4) is 0 Å². The Bertz CT molecular complexity index is 1330. The van der Waals surface area contributed by atoms with Crippen LogP contribution in [0.15, 0.2) is 83.8 Å². The maximum Gasteiger partial charge on any atom is 0.264 e. The minimum atomic E-state index is -4.17. The maximum atomic E-state index is 13.8. The smallest absolute Gasteiger partial charge is 0.264 e. The number of halogens is 2. The molecule has 7 nitrogen and oxygen atoms in total. The number of amides is 2. The summed E-state index contributed by atoms with van der Waals surface area (Å²) in [6, 6.07) is 18.6. The average molecular weight is 560 g/mol. The van der Waals surface area contributed by atoms with E-state index in [2.05, 4.69) is 5.32 Å². The number of nitrogens with zero attached hydrogens (tertiary/aromatic N) is 2. The Kier molecular flexibility index (Phi) is 9.88. The quantitative estimate of drug-likeness (QED) is 0.363. The van der Waals surface area contributed by atoms with E-state index in [9.17, 15) is 22.4 Å². The molecule has 202 valence electrons. The topological polar surface area (TPSA) is 86.8 Å². The molecule has 2 amide bonds. The Morgan fingerprint density at radius 3 is 2.11 bits per heavy atom. The summed E-state index contributed by atoms with van der Waals surface area (Å²) in [6.07, 6.45) is 0. The zero-order chi connectivity index (χ0) is 27.9. The van der Waals surface area contributed by atoms with Crippen molar-refractivity contribution in [2.24, 2.45) is 5.92 Å². The number of hydrogen-bond acceptors (Lipinski definition) is 4. The van der Waals surface area contributed by atoms with Crippen LogP contribution in [0.2, 0.25) is 5.02 Å². The fraction of sp³-hybridized carbons (Fsp3) is 0.286. The van der Waals surface area contributed by atoms with Crippen LogP contribution in [0, 0.1) is 11.7 Å². The highest BCUT2D eigenvalue weighted by Crippen LogP contribution is 2.25. The van der Waals surface area contributed by atoms with Crippen LogP contribution in [-0.4, -0.2) is 44.3 Å². The molecular weight excluding hydrogens is 529 g/mol. The molecule has 3 aromatic rings. The van der Waals surface area contributed by atoms with E-state index >= 15 is 0 Å². The van der Waals surface area contributed by atoms with E-state index in [0.717, 1.165) is 4.31 Å². The number of para-hydroxylation sites is 1. The molecule has 0 unspecified atom stereocenters. The SMILES string of the molecule is CC(C)CNC(=O)[C@H](C)N(Cc1ccc(F)cc1)C(=O)CN(c1ccccc1)S(=O)(=O)c1ccc(Cl)cc1. The van der Waals surface area contributed by atoms with E-state index in [0.29, 0.717) is 17.1 Å². The lowest BCUT2D eigenvalue weighted by atomic mass is 10.1. The Balaban J connectivity index is 1.97. The predicted molar refractivity (Wildman–Crippen MR) is 147 cm³/mol. The lowest BCUT2D eigenvalue weighted by molar-refractivity contribution is -0.139. The molecule has 1 N–H and O–H groups in total. The summed E-state index contributed by atoms with van der Waals surface area (Å²) in [5.41, 5.74) is 0.879. The van der Waals surface area contributed by atoms with Gasteiger partial charge in [0.2, 0.25) is 11.8 Å². The first kappa shape index (κ1) is 29.1. The number of nitrogens with one attached hydrogen (secondary N) is 1. The zero-order valence-corrected chi connectivity index (χ0v) is 23.0. The first-order valence-electron chi connectivity index (χ1n) is 12.1. The third-order valence-electron chi connectivity index (χ3n) is 5.84. The van der Waals surface area contributed by atoms with Gasteiger partial charge >= 0.3 is 0 Å². The number of benzene rings is 3. The van der Waals surface area contributed by atoms with Gasteiger partial charge in [0.1, 0.15) is 18.4 Å². The molecule has 0 aliphatic carbocycles. The van der Waals surface area contributed by atoms with Crippen LogP contribution in [0.1, 0.15) is 26.3 Å². The van der Waals surface area contributed by atoms with Crippen molar-refractivity contribution in [2.75, 3.05) is 17.4 Å². The number of sulfonamides is 1. The van der Waals surface area contributed by atoms with Crippen molar-refractivity contribution in [3.05, 3.63) is 95.3 Å². The molecule has 38 heavy (non-hydrogen) atoms. The molecule has 0 radical (unpaired) electrons. The molecule has 3 aromatic carbocycles. The van der Waals surface area contributed by atoms with Crippen molar-refractivity contribution < 1.29 is 22.4 Å². The molecule has 3 rings (SSSR count). The number of hydrogen-bond donors (Lipinski definition) is 1. The van der Waals surface area contributed by atoms with Gasteiger partial charge in [-0.25, -0.2) is 12.8 Å². The number of rotatable bonds is 11. The van der Waals surface area contributed by atoms with Crippen LogP contribution < -0.4 is 9.62 Å². The molecule has 0 saturated heterocycles. The van der Waals surface area contributed by atoms with E-state index < -0.39 is 34.3 Å². The molecule has 0 fully saturated rings. The first-order chi connectivity index (χ1) is 18.0. The van der Waals surface area contributed by atoms with E-state index in [1.54, 1.807) is 37.3 Å². The normalized spacial score (nSPS) is 12.2. The van der Waals surface area contributed by atoms with E-state index in [1.807, 2.05) is 13.8 Å². The molecular formula is C28H31ClFN3O4S. The monoisotopic (exact) mass is 559 g/mol. The zero-order valence-electron chi connectivity index (χ0n) is 21.5. The van der Waals surface area contributed by atoms with Gasteiger partial charge in [-0.2, -0.15) is 0 Å². The fourth-order valence-corrected chi connectivity index (χ4v) is 5.22. The Morgan fingerprint density at radius 1 is 0.921 bits per heavy atom. The fourth-order valence-electron chi connectivity index (χ4n) is 3.68. The summed E-state index contributed by atoms with van der Waals surface area (Å²) < 4.78 is 41.8. The Hall–Kier alpha value is -3.43. The third kappa shape index (κ3) is 7.55. The Labute approximate surface area is 228 Å². The molecule has 0 saturated carbocycles. The lowest BCUT2D eigenvalue weighted by Crippen LogP contribution is -2.51. The number of anilines is 1. The van der Waals surface area contributed by atoms with Crippen molar-refractivity contribution in [2.45, 2.75) is 38.3 Å². The molecule has 0 bridgehead atoms. The van der Waals surface area contributed by atoms with Gasteiger partial charge in [0.25, 0.3) is 10.0 Å². The van der Waals surface area contributed by atoms with E-state index in [4.69, 9.17) is 11.6 Å². The summed E-state index contributed by atoms with van der Waals surface area (Å²) in [7, 11) is -4.17. The minimum Gasteiger partial charge on any atom is -0.354 e. The van der Waals surface area contributed by atoms with E-state index in [-0.39, 0.29) is 29.0 Å². The molecule has 10 heteroatoms. The van der Waals surface area contributed by atoms with Gasteiger partial charge in [-0.1, -0.05) is 55.8 Å². The average Bonchev–Trinajstić information content (AvgIpc) is 2.90. The summed E-state index contributed by atoms with van der Waals surface area (Å²) in [5, 5.41) is 3.19. The Morgan fingerprint density at radius 2 is 1.53 bits per heavy atom. The van der Waals surface area contributed by atoms with Gasteiger partial charge < -0.3 is 10.2 Å². The third-order valence-corrected chi connectivity index (χ3v) is 7.88. The molecule has 1 atom stereocenters. The molecule has 0 heterocycles. The van der Waals surface area contributed by atoms with Crippen LogP contribution >= 0.6 is 11.6 Å². The van der Waals surface area contributed by atoms with Crippen LogP contribution in [0.25, 0.3) is 0 Å². The van der Waals surface area contributed by atoms with Crippen molar-refractivity contribution in [1.29, 1.82) is 0 Å². The molecule has 0 aromatic heterocycles. The molecule has 0 aliphatic rings. The summed E-state index contributed by atoms with van der Waals surface area (Å²) in [5.74, 6) is -1.20. The lowest BCUT2D eigenvalue weighted by Gasteiger charge is -2.32. The maximum absolute atomic E-state index is 13.8. The van der Waals surface area contributed by atoms with Crippen molar-refractivity contribution in [1.82, 2.24) is 10.2 Å². The second-order valence-electron chi connectivity index (χ2n) is 9.26. The van der Waals surface area contributed by atoms with Crippen LogP contribution in [0.3, 0.4) is 0 Å². The van der Waals surface area contributed by atoms with Gasteiger partial charge in [-0.05, 0) is 66.9 Å². The second-order valence-corrected chi connectivity index (χ2v) is 11.6. The van der Waals surface area contributed by atoms with Crippen molar-refractivity contribution >= 4 is 39.1 Å². The van der Waals surface area contributed by atoms with Crippen LogP contribution in [-0.2, 0) is 26.2 Å². The summed E-state index contributed by atoms with van der Waals surface area (Å²) >= 11 is 5.95. The highest BCUT2D eigenvalue weighted by molar-refractivity contribution is 7.92. The van der Waals surface area contributed by atoms with E-state index in [1.165, 1.54) is 53.4 Å². The highest BCUT2D eigenvalue weighted by Gasteiger charge is 2.32. The second kappa shape index (κ2) is 12.9. The van der Waals surface area contributed by atoms with Crippen LogP contribution in [0.4, 0.5) is 10.1 Å².